The smallest absolute Gasteiger partial charge is 0.416 e. The number of rotatable bonds is 5. The molecule has 0 aliphatic heterocycles. The number of aryl methyl sites for hydroxylation is 1. The zero-order chi connectivity index (χ0) is 24.6. The number of hydrogen-bond donors (Lipinski definition) is 0. The van der Waals surface area contributed by atoms with Gasteiger partial charge in [0.1, 0.15) is 24.5 Å². The zero-order valence-electron chi connectivity index (χ0n) is 17.3. The van der Waals surface area contributed by atoms with Gasteiger partial charge in [0.15, 0.2) is 5.82 Å². The Hall–Kier alpha value is -2.81. The van der Waals surface area contributed by atoms with Crippen LogP contribution in [0.3, 0.4) is 0 Å². The van der Waals surface area contributed by atoms with Crippen LogP contribution in [0.15, 0.2) is 54.9 Å². The summed E-state index contributed by atoms with van der Waals surface area (Å²) in [6.07, 6.45) is -3.04. The third-order valence-electron chi connectivity index (χ3n) is 4.89. The molecule has 4 rings (SSSR count). The number of hydrogen-bond acceptors (Lipinski definition) is 3. The van der Waals surface area contributed by atoms with E-state index in [-0.39, 0.29) is 44.1 Å². The van der Waals surface area contributed by atoms with Crippen LogP contribution in [0.1, 0.15) is 11.1 Å². The predicted molar refractivity (Wildman–Crippen MR) is 123 cm³/mol. The molecule has 0 bridgehead atoms. The molecule has 0 N–H and O–H groups in total. The Morgan fingerprint density at radius 3 is 2.35 bits per heavy atom. The summed E-state index contributed by atoms with van der Waals surface area (Å²) in [4.78, 5) is 4.19. The molecular weight excluding hydrogens is 517 g/mol. The number of aromatic nitrogens is 3. The molecule has 1 aromatic heterocycles. The summed E-state index contributed by atoms with van der Waals surface area (Å²) in [5.41, 5.74) is 0.149. The van der Waals surface area contributed by atoms with Crippen molar-refractivity contribution in [3.05, 3.63) is 86.9 Å². The average Bonchev–Trinajstić information content (AvgIpc) is 3.19. The first kappa shape index (κ1) is 24.3. The van der Waals surface area contributed by atoms with Crippen molar-refractivity contribution in [3.8, 4) is 28.3 Å². The Labute approximate surface area is 206 Å². The van der Waals surface area contributed by atoms with Gasteiger partial charge in [-0.15, -0.1) is 0 Å². The summed E-state index contributed by atoms with van der Waals surface area (Å²) in [5, 5.41) is 4.31. The van der Waals surface area contributed by atoms with Gasteiger partial charge in [-0.3, -0.25) is 4.68 Å². The number of halogens is 7. The Kier molecular flexibility index (Phi) is 6.75. The number of alkyl halides is 3. The second kappa shape index (κ2) is 9.44. The second-order valence-corrected chi connectivity index (χ2v) is 8.49. The predicted octanol–water partition coefficient (Wildman–Crippen LogP) is 7.85. The first-order valence-corrected chi connectivity index (χ1v) is 10.8. The first-order chi connectivity index (χ1) is 16.0. The molecule has 0 spiro atoms. The molecular formula is C23H14Cl3F4N3O. The van der Waals surface area contributed by atoms with Crippen LogP contribution in [0.2, 0.25) is 15.1 Å². The molecule has 0 unspecified atom stereocenters. The van der Waals surface area contributed by atoms with Gasteiger partial charge in [-0.25, -0.2) is 9.37 Å². The lowest BCUT2D eigenvalue weighted by atomic mass is 10.0. The molecule has 4 aromatic rings. The van der Waals surface area contributed by atoms with Crippen molar-refractivity contribution < 1.29 is 22.3 Å². The Bertz CT molecular complexity index is 1350. The highest BCUT2D eigenvalue weighted by molar-refractivity contribution is 6.35. The lowest BCUT2D eigenvalue weighted by molar-refractivity contribution is -0.137. The van der Waals surface area contributed by atoms with E-state index in [1.165, 1.54) is 35.3 Å². The molecule has 0 radical (unpaired) electrons. The molecule has 34 heavy (non-hydrogen) atoms. The van der Waals surface area contributed by atoms with Crippen molar-refractivity contribution in [2.75, 3.05) is 0 Å². The molecule has 11 heteroatoms. The van der Waals surface area contributed by atoms with Crippen LogP contribution in [0.4, 0.5) is 17.6 Å². The van der Waals surface area contributed by atoms with Crippen LogP contribution < -0.4 is 4.74 Å². The highest BCUT2D eigenvalue weighted by Gasteiger charge is 2.31. The Balaban J connectivity index is 1.78. The molecule has 0 fully saturated rings. The molecule has 4 nitrogen and oxygen atoms in total. The van der Waals surface area contributed by atoms with E-state index >= 15 is 0 Å². The summed E-state index contributed by atoms with van der Waals surface area (Å²) in [6, 6.07) is 10.2. The van der Waals surface area contributed by atoms with Gasteiger partial charge in [-0.2, -0.15) is 18.3 Å². The van der Waals surface area contributed by atoms with Gasteiger partial charge in [-0.1, -0.05) is 46.9 Å². The maximum Gasteiger partial charge on any atom is 0.416 e. The van der Waals surface area contributed by atoms with E-state index in [1.807, 2.05) is 0 Å². The van der Waals surface area contributed by atoms with Gasteiger partial charge in [0.25, 0.3) is 0 Å². The quantitative estimate of drug-likeness (QED) is 0.247. The van der Waals surface area contributed by atoms with Crippen LogP contribution in [-0.4, -0.2) is 14.8 Å². The molecule has 0 aliphatic carbocycles. The van der Waals surface area contributed by atoms with Crippen LogP contribution in [0, 0.1) is 5.82 Å². The van der Waals surface area contributed by atoms with Crippen molar-refractivity contribution >= 4 is 34.8 Å². The minimum Gasteiger partial charge on any atom is -0.487 e. The SMILES string of the molecule is Cn1cnc(-c2cc(Cl)c(OCc3ccc(C(F)(F)F)cc3Cl)c(-c3c(F)cccc3Cl)c2)n1. The van der Waals surface area contributed by atoms with Crippen molar-refractivity contribution in [1.82, 2.24) is 14.8 Å². The fourth-order valence-corrected chi connectivity index (χ4v) is 4.05. The molecule has 0 saturated carbocycles. The van der Waals surface area contributed by atoms with E-state index in [4.69, 9.17) is 39.5 Å². The number of benzene rings is 3. The van der Waals surface area contributed by atoms with Gasteiger partial charge >= 0.3 is 6.18 Å². The molecule has 0 amide bonds. The van der Waals surface area contributed by atoms with Gasteiger partial charge in [0, 0.05) is 34.3 Å². The Morgan fingerprint density at radius 2 is 1.74 bits per heavy atom. The maximum atomic E-state index is 14.8. The molecule has 1 heterocycles. The summed E-state index contributed by atoms with van der Waals surface area (Å²) < 4.78 is 61.0. The summed E-state index contributed by atoms with van der Waals surface area (Å²) >= 11 is 18.8. The van der Waals surface area contributed by atoms with Gasteiger partial charge in [0.2, 0.25) is 0 Å². The lowest BCUT2D eigenvalue weighted by Crippen LogP contribution is -2.06. The van der Waals surface area contributed by atoms with Crippen molar-refractivity contribution in [1.29, 1.82) is 0 Å². The van der Waals surface area contributed by atoms with Gasteiger partial charge in [0.05, 0.1) is 15.6 Å². The molecule has 0 aliphatic rings. The van der Waals surface area contributed by atoms with Gasteiger partial charge < -0.3 is 4.74 Å². The monoisotopic (exact) mass is 529 g/mol. The summed E-state index contributed by atoms with van der Waals surface area (Å²) in [6.45, 7) is -0.225. The molecule has 0 saturated heterocycles. The normalized spacial score (nSPS) is 11.6. The minimum atomic E-state index is -4.53. The van der Waals surface area contributed by atoms with Crippen LogP contribution in [0.5, 0.6) is 5.75 Å². The van der Waals surface area contributed by atoms with Crippen molar-refractivity contribution in [2.24, 2.45) is 7.05 Å². The van der Waals surface area contributed by atoms with Crippen LogP contribution >= 0.6 is 34.8 Å². The standard InChI is InChI=1S/C23H14Cl3F4N3O/c1-33-11-31-22(32-33)13-7-15(20-16(24)3-2-4-19(20)27)21(18(26)8-13)34-10-12-5-6-14(9-17(12)25)23(28,29)30/h2-9,11H,10H2,1H3. The van der Waals surface area contributed by atoms with Crippen molar-refractivity contribution in [2.45, 2.75) is 12.8 Å². The van der Waals surface area contributed by atoms with E-state index in [1.54, 1.807) is 19.2 Å². The fraction of sp³-hybridized carbons (Fsp3) is 0.130. The highest BCUT2D eigenvalue weighted by atomic mass is 35.5. The fourth-order valence-electron chi connectivity index (χ4n) is 3.27. The van der Waals surface area contributed by atoms with E-state index in [9.17, 15) is 17.6 Å². The molecule has 0 atom stereocenters. The lowest BCUT2D eigenvalue weighted by Gasteiger charge is -2.17. The summed E-state index contributed by atoms with van der Waals surface area (Å²) in [5.74, 6) is -0.202. The number of ether oxygens (including phenoxy) is 1. The maximum absolute atomic E-state index is 14.8. The first-order valence-electron chi connectivity index (χ1n) is 9.67. The zero-order valence-corrected chi connectivity index (χ0v) is 19.6. The van der Waals surface area contributed by atoms with E-state index in [0.29, 0.717) is 11.4 Å². The topological polar surface area (TPSA) is 39.9 Å². The molecule has 3 aromatic carbocycles. The third-order valence-corrected chi connectivity index (χ3v) is 5.83. The van der Waals surface area contributed by atoms with Crippen molar-refractivity contribution in [3.63, 3.8) is 0 Å². The second-order valence-electron chi connectivity index (χ2n) is 7.27. The van der Waals surface area contributed by atoms with E-state index in [2.05, 4.69) is 10.1 Å². The van der Waals surface area contributed by atoms with Crippen LogP contribution in [0.25, 0.3) is 22.5 Å². The third kappa shape index (κ3) is 4.99. The number of nitrogens with zero attached hydrogens (tertiary/aromatic N) is 3. The van der Waals surface area contributed by atoms with E-state index < -0.39 is 17.6 Å². The van der Waals surface area contributed by atoms with Gasteiger partial charge in [-0.05, 0) is 36.4 Å². The highest BCUT2D eigenvalue weighted by Crippen LogP contribution is 2.44. The minimum absolute atomic E-state index is 0.0392. The van der Waals surface area contributed by atoms with E-state index in [0.717, 1.165) is 12.1 Å². The van der Waals surface area contributed by atoms with Crippen LogP contribution in [-0.2, 0) is 19.8 Å². The molecule has 176 valence electrons. The summed E-state index contributed by atoms with van der Waals surface area (Å²) in [7, 11) is 1.69. The largest absolute Gasteiger partial charge is 0.487 e. The average molecular weight is 531 g/mol. The Morgan fingerprint density at radius 1 is 0.971 bits per heavy atom.